The molecule has 0 aromatic heterocycles. The summed E-state index contributed by atoms with van der Waals surface area (Å²) in [5.74, 6) is -0.562. The van der Waals surface area contributed by atoms with Crippen molar-refractivity contribution in [2.24, 2.45) is 0 Å². The lowest BCUT2D eigenvalue weighted by atomic mass is 10.0. The van der Waals surface area contributed by atoms with Crippen molar-refractivity contribution < 1.29 is 24.2 Å². The average molecular weight is 1320 g/mol. The maximum atomic E-state index is 12.4. The van der Waals surface area contributed by atoms with E-state index in [1.807, 2.05) is 0 Å². The van der Waals surface area contributed by atoms with E-state index >= 15 is 0 Å². The van der Waals surface area contributed by atoms with Crippen LogP contribution in [0.4, 0.5) is 0 Å². The number of carbonyl (C=O) groups is 2. The summed E-state index contributed by atoms with van der Waals surface area (Å²) >= 11 is 0. The molecule has 0 heterocycles. The second kappa shape index (κ2) is 84.8. The molecule has 0 spiro atoms. The Morgan fingerprint density at radius 2 is 0.457 bits per heavy atom. The maximum Gasteiger partial charge on any atom is 0.306 e. The third kappa shape index (κ3) is 82.0. The fraction of sp³-hybridized carbons (Fsp3) is 0.865. The van der Waals surface area contributed by atoms with E-state index in [0.717, 1.165) is 64.2 Å². The predicted octanol–water partition coefficient (Wildman–Crippen LogP) is 30.3. The molecule has 1 unspecified atom stereocenters. The zero-order chi connectivity index (χ0) is 67.5. The Kier molecular flexibility index (Phi) is 82.7. The lowest BCUT2D eigenvalue weighted by molar-refractivity contribution is -0.161. The van der Waals surface area contributed by atoms with Gasteiger partial charge in [-0.3, -0.25) is 9.59 Å². The van der Waals surface area contributed by atoms with Crippen LogP contribution in [0.3, 0.4) is 0 Å². The largest absolute Gasteiger partial charge is 0.462 e. The van der Waals surface area contributed by atoms with Crippen molar-refractivity contribution in [1.29, 1.82) is 0 Å². The maximum absolute atomic E-state index is 12.4. The van der Waals surface area contributed by atoms with E-state index in [9.17, 15) is 14.7 Å². The van der Waals surface area contributed by atoms with Gasteiger partial charge in [0.1, 0.15) is 6.61 Å². The first-order valence-electron chi connectivity index (χ1n) is 42.8. The van der Waals surface area contributed by atoms with Gasteiger partial charge in [-0.25, -0.2) is 0 Å². The Bertz CT molecular complexity index is 1590. The second-order valence-corrected chi connectivity index (χ2v) is 29.2. The zero-order valence-electron chi connectivity index (χ0n) is 63.8. The molecule has 94 heavy (non-hydrogen) atoms. The van der Waals surface area contributed by atoms with E-state index in [4.69, 9.17) is 9.47 Å². The van der Waals surface area contributed by atoms with Crippen LogP contribution in [-0.2, 0) is 19.1 Å². The minimum Gasteiger partial charge on any atom is -0.462 e. The molecule has 0 aromatic carbocycles. The van der Waals surface area contributed by atoms with Gasteiger partial charge < -0.3 is 14.6 Å². The van der Waals surface area contributed by atoms with Gasteiger partial charge in [0, 0.05) is 12.8 Å². The Balaban J connectivity index is 3.35. The van der Waals surface area contributed by atoms with Crippen molar-refractivity contribution in [2.45, 2.75) is 482 Å². The molecule has 1 atom stereocenters. The second-order valence-electron chi connectivity index (χ2n) is 29.2. The lowest BCUT2D eigenvalue weighted by Gasteiger charge is -2.15. The Morgan fingerprint density at radius 3 is 0.691 bits per heavy atom. The molecule has 0 rings (SSSR count). The molecular weight excluding hydrogens is 1150 g/mol. The molecule has 5 nitrogen and oxygen atoms in total. The monoisotopic (exact) mass is 1320 g/mol. The van der Waals surface area contributed by atoms with Crippen molar-refractivity contribution >= 4 is 11.9 Å². The number of hydrogen-bond acceptors (Lipinski definition) is 5. The number of unbranched alkanes of at least 4 members (excludes halogenated alkanes) is 63. The minimum atomic E-state index is -0.771. The Labute approximate surface area is 589 Å². The first-order chi connectivity index (χ1) is 46.6. The summed E-state index contributed by atoms with van der Waals surface area (Å²) in [5, 5.41) is 9.74. The fourth-order valence-electron chi connectivity index (χ4n) is 13.5. The summed E-state index contributed by atoms with van der Waals surface area (Å²) in [5.41, 5.74) is 0. The molecule has 0 aliphatic rings. The zero-order valence-corrected chi connectivity index (χ0v) is 63.8. The molecule has 0 aliphatic carbocycles. The van der Waals surface area contributed by atoms with Gasteiger partial charge >= 0.3 is 11.9 Å². The Hall–Kier alpha value is -2.40. The van der Waals surface area contributed by atoms with E-state index in [2.05, 4.69) is 74.6 Å². The van der Waals surface area contributed by atoms with E-state index in [1.54, 1.807) is 0 Å². The summed E-state index contributed by atoms with van der Waals surface area (Å²) in [6.45, 7) is 4.10. The summed E-state index contributed by atoms with van der Waals surface area (Å²) in [4.78, 5) is 24.8. The van der Waals surface area contributed by atoms with Crippen LogP contribution < -0.4 is 0 Å². The van der Waals surface area contributed by atoms with Crippen LogP contribution in [-0.4, -0.2) is 36.4 Å². The molecule has 0 fully saturated rings. The van der Waals surface area contributed by atoms with Gasteiger partial charge in [0.2, 0.25) is 0 Å². The highest BCUT2D eigenvalue weighted by Crippen LogP contribution is 2.21. The smallest absolute Gasteiger partial charge is 0.306 e. The quantitative estimate of drug-likeness (QED) is 0.0373. The van der Waals surface area contributed by atoms with Crippen molar-refractivity contribution in [3.8, 4) is 0 Å². The normalized spacial score (nSPS) is 12.4. The number of carbonyl (C=O) groups excluding carboxylic acids is 2. The summed E-state index contributed by atoms with van der Waals surface area (Å²) in [6.07, 6.45) is 118. The highest BCUT2D eigenvalue weighted by molar-refractivity contribution is 5.70. The van der Waals surface area contributed by atoms with Crippen LogP contribution in [0.25, 0.3) is 0 Å². The van der Waals surface area contributed by atoms with E-state index in [0.29, 0.717) is 12.8 Å². The van der Waals surface area contributed by atoms with Crippen LogP contribution in [0.15, 0.2) is 60.8 Å². The fourth-order valence-corrected chi connectivity index (χ4v) is 13.5. The molecule has 0 aromatic rings. The number of aliphatic hydroxyl groups excluding tert-OH is 1. The molecule has 0 saturated carbocycles. The number of esters is 2. The molecule has 552 valence electrons. The molecule has 5 heteroatoms. The van der Waals surface area contributed by atoms with Crippen LogP contribution in [0.5, 0.6) is 0 Å². The average Bonchev–Trinajstić information content (AvgIpc) is 3.65. The highest BCUT2D eigenvalue weighted by atomic mass is 16.6. The molecule has 0 bridgehead atoms. The van der Waals surface area contributed by atoms with Crippen molar-refractivity contribution in [2.75, 3.05) is 13.2 Å². The summed E-state index contributed by atoms with van der Waals surface area (Å²) < 4.78 is 10.8. The van der Waals surface area contributed by atoms with Gasteiger partial charge in [-0.05, 0) is 57.8 Å². The van der Waals surface area contributed by atoms with Gasteiger partial charge in [-0.2, -0.15) is 0 Å². The van der Waals surface area contributed by atoms with E-state index in [1.165, 1.54) is 385 Å². The number of allylic oxidation sites excluding steroid dienone is 10. The number of hydrogen-bond donors (Lipinski definition) is 1. The molecule has 0 aliphatic heterocycles. The van der Waals surface area contributed by atoms with Crippen LogP contribution in [0.2, 0.25) is 0 Å². The third-order valence-corrected chi connectivity index (χ3v) is 19.8. The van der Waals surface area contributed by atoms with Gasteiger partial charge in [0.05, 0.1) is 6.61 Å². The highest BCUT2D eigenvalue weighted by Gasteiger charge is 2.16. The number of rotatable bonds is 81. The van der Waals surface area contributed by atoms with Crippen molar-refractivity contribution in [1.82, 2.24) is 0 Å². The topological polar surface area (TPSA) is 72.8 Å². The molecule has 0 radical (unpaired) electrons. The van der Waals surface area contributed by atoms with Crippen LogP contribution in [0, 0.1) is 0 Å². The first-order valence-corrected chi connectivity index (χ1v) is 42.8. The summed E-state index contributed by atoms with van der Waals surface area (Å²) in [7, 11) is 0. The number of ether oxygens (including phenoxy) is 2. The van der Waals surface area contributed by atoms with Gasteiger partial charge in [0.25, 0.3) is 0 Å². The SMILES string of the molecule is CC/C=C\C/C=C\C/C=C\C/C=C\C/C=C\CCCCCCCCCCCCCCCCCCCCCCCCCC(=O)OC(CO)COC(=O)CCCCCCCCCCCCCCCCCCCCCCCCCCCCCCCCCCCCCCCCCCC. The molecule has 0 saturated heterocycles. The first kappa shape index (κ1) is 91.6. The van der Waals surface area contributed by atoms with E-state index < -0.39 is 6.10 Å². The standard InChI is InChI=1S/C89H166O5/c1-3-5-7-9-11-13-15-17-19-21-23-25-27-29-31-33-35-37-39-41-43-44-46-47-49-51-53-55-57-59-61-63-65-67-69-71-73-75-77-79-81-83-88(91)93-86-87(85-90)94-89(92)84-82-80-78-76-74-72-70-68-66-64-62-60-58-56-54-52-50-48-45-42-40-38-36-34-32-30-28-26-24-22-20-18-16-14-12-10-8-6-4-2/h6,8,12,14,18,20,24,26,30,32,87,90H,3-5,7,9-11,13,15-17,19,21-23,25,27-29,31,33-86H2,1-2H3/b8-6-,14-12-,20-18-,26-24-,32-30-. The van der Waals surface area contributed by atoms with Gasteiger partial charge in [-0.15, -0.1) is 0 Å². The van der Waals surface area contributed by atoms with Crippen LogP contribution >= 0.6 is 0 Å². The van der Waals surface area contributed by atoms with Gasteiger partial charge in [0.15, 0.2) is 6.10 Å². The van der Waals surface area contributed by atoms with Gasteiger partial charge in [-0.1, -0.05) is 466 Å². The van der Waals surface area contributed by atoms with Crippen molar-refractivity contribution in [3.63, 3.8) is 0 Å². The minimum absolute atomic E-state index is 0.0589. The lowest BCUT2D eigenvalue weighted by Crippen LogP contribution is -2.28. The van der Waals surface area contributed by atoms with E-state index in [-0.39, 0.29) is 25.2 Å². The third-order valence-electron chi connectivity index (χ3n) is 19.8. The van der Waals surface area contributed by atoms with Crippen LogP contribution in [0.1, 0.15) is 476 Å². The predicted molar refractivity (Wildman–Crippen MR) is 417 cm³/mol. The molecule has 0 amide bonds. The summed E-state index contributed by atoms with van der Waals surface area (Å²) in [6, 6.07) is 0. The Morgan fingerprint density at radius 1 is 0.255 bits per heavy atom. The van der Waals surface area contributed by atoms with Crippen molar-refractivity contribution in [3.05, 3.63) is 60.8 Å². The number of aliphatic hydroxyl groups is 1. The molecule has 1 N–H and O–H groups in total. The molecular formula is C89H166O5.